The predicted molar refractivity (Wildman–Crippen MR) is 85.7 cm³/mol. The van der Waals surface area contributed by atoms with Gasteiger partial charge >= 0.3 is 0 Å². The first-order chi connectivity index (χ1) is 9.65. The molecule has 0 aliphatic rings. The van der Waals surface area contributed by atoms with E-state index in [1.54, 1.807) is 11.3 Å². The number of rotatable bonds is 3. The van der Waals surface area contributed by atoms with Crippen LogP contribution in [0.1, 0.15) is 21.8 Å². The molecule has 0 amide bonds. The Morgan fingerprint density at radius 3 is 2.55 bits per heavy atom. The summed E-state index contributed by atoms with van der Waals surface area (Å²) in [6.45, 7) is 4.20. The Balaban J connectivity index is 2.00. The Labute approximate surface area is 122 Å². The van der Waals surface area contributed by atoms with Crippen molar-refractivity contribution < 1.29 is 0 Å². The van der Waals surface area contributed by atoms with Crippen molar-refractivity contribution in [2.24, 2.45) is 0 Å². The van der Waals surface area contributed by atoms with E-state index in [9.17, 15) is 0 Å². The monoisotopic (exact) mass is 283 g/mol. The first-order valence-electron chi connectivity index (χ1n) is 6.66. The maximum absolute atomic E-state index is 4.69. The fourth-order valence-corrected chi connectivity index (χ4v) is 3.14. The van der Waals surface area contributed by atoms with E-state index < -0.39 is 0 Å². The van der Waals surface area contributed by atoms with Crippen LogP contribution in [-0.4, -0.2) is 17.0 Å². The van der Waals surface area contributed by atoms with Gasteiger partial charge in [0.05, 0.1) is 5.39 Å². The zero-order valence-corrected chi connectivity index (χ0v) is 12.7. The van der Waals surface area contributed by atoms with Crippen molar-refractivity contribution in [3.05, 3.63) is 52.2 Å². The summed E-state index contributed by atoms with van der Waals surface area (Å²) in [4.78, 5) is 11.6. The number of fused-ring (bicyclic) bond motifs is 1. The quantitative estimate of drug-likeness (QED) is 0.791. The number of aromatic nitrogens is 2. The number of benzene rings is 1. The lowest BCUT2D eigenvalue weighted by atomic mass is 10.1. The first-order valence-corrected chi connectivity index (χ1v) is 7.47. The first kappa shape index (κ1) is 13.1. The maximum atomic E-state index is 4.69. The second kappa shape index (κ2) is 5.21. The minimum absolute atomic E-state index is 0.766. The third-order valence-electron chi connectivity index (χ3n) is 3.28. The molecular formula is C16H17N3S. The molecule has 0 aliphatic heterocycles. The molecule has 20 heavy (non-hydrogen) atoms. The Morgan fingerprint density at radius 2 is 1.85 bits per heavy atom. The summed E-state index contributed by atoms with van der Waals surface area (Å²) in [6, 6.07) is 10.7. The summed E-state index contributed by atoms with van der Waals surface area (Å²) in [7, 11) is 1.91. The molecule has 3 aromatic rings. The van der Waals surface area contributed by atoms with Crippen LogP contribution in [0.25, 0.3) is 10.2 Å². The van der Waals surface area contributed by atoms with Crippen molar-refractivity contribution in [1.82, 2.24) is 9.97 Å². The normalized spacial score (nSPS) is 10.9. The number of anilines is 1. The van der Waals surface area contributed by atoms with Gasteiger partial charge in [-0.25, -0.2) is 9.97 Å². The van der Waals surface area contributed by atoms with E-state index in [1.807, 2.05) is 7.05 Å². The lowest BCUT2D eigenvalue weighted by molar-refractivity contribution is 0.997. The molecule has 3 rings (SSSR count). The summed E-state index contributed by atoms with van der Waals surface area (Å²) >= 11 is 1.72. The number of hydrogen-bond donors (Lipinski definition) is 1. The van der Waals surface area contributed by atoms with Gasteiger partial charge in [-0.3, -0.25) is 0 Å². The molecule has 0 saturated carbocycles. The van der Waals surface area contributed by atoms with Crippen LogP contribution in [0.2, 0.25) is 0 Å². The molecule has 0 bridgehead atoms. The summed E-state index contributed by atoms with van der Waals surface area (Å²) in [5, 5.41) is 4.29. The van der Waals surface area contributed by atoms with Crippen LogP contribution in [0.15, 0.2) is 30.3 Å². The highest BCUT2D eigenvalue weighted by Crippen LogP contribution is 2.28. The third kappa shape index (κ3) is 2.51. The molecule has 1 N–H and O–H groups in total. The third-order valence-corrected chi connectivity index (χ3v) is 4.23. The second-order valence-corrected chi connectivity index (χ2v) is 6.21. The van der Waals surface area contributed by atoms with Crippen molar-refractivity contribution in [3.8, 4) is 0 Å². The highest BCUT2D eigenvalue weighted by atomic mass is 32.1. The van der Waals surface area contributed by atoms with Crippen LogP contribution >= 0.6 is 11.3 Å². The minimum atomic E-state index is 0.766. The van der Waals surface area contributed by atoms with Gasteiger partial charge in [-0.05, 0) is 25.5 Å². The van der Waals surface area contributed by atoms with Crippen molar-refractivity contribution >= 4 is 27.4 Å². The average molecular weight is 283 g/mol. The predicted octanol–water partition coefficient (Wildman–Crippen LogP) is 3.94. The van der Waals surface area contributed by atoms with E-state index >= 15 is 0 Å². The van der Waals surface area contributed by atoms with Gasteiger partial charge in [0.25, 0.3) is 0 Å². The van der Waals surface area contributed by atoms with E-state index in [0.29, 0.717) is 0 Å². The van der Waals surface area contributed by atoms with Gasteiger partial charge in [0.2, 0.25) is 0 Å². The topological polar surface area (TPSA) is 37.8 Å². The van der Waals surface area contributed by atoms with Crippen LogP contribution in [0.4, 0.5) is 5.82 Å². The molecule has 0 radical (unpaired) electrons. The molecule has 3 nitrogen and oxygen atoms in total. The molecule has 0 atom stereocenters. The Kier molecular flexibility index (Phi) is 3.40. The summed E-state index contributed by atoms with van der Waals surface area (Å²) in [6.07, 6.45) is 0.766. The van der Waals surface area contributed by atoms with Gasteiger partial charge in [-0.2, -0.15) is 0 Å². The van der Waals surface area contributed by atoms with Gasteiger partial charge in [0.1, 0.15) is 16.5 Å². The molecule has 0 fully saturated rings. The highest BCUT2D eigenvalue weighted by molar-refractivity contribution is 7.18. The smallest absolute Gasteiger partial charge is 0.138 e. The van der Waals surface area contributed by atoms with Crippen molar-refractivity contribution in [2.75, 3.05) is 12.4 Å². The maximum Gasteiger partial charge on any atom is 0.138 e. The largest absolute Gasteiger partial charge is 0.372 e. The second-order valence-electron chi connectivity index (χ2n) is 4.98. The van der Waals surface area contributed by atoms with Gasteiger partial charge in [-0.15, -0.1) is 11.3 Å². The van der Waals surface area contributed by atoms with Crippen LogP contribution < -0.4 is 5.32 Å². The van der Waals surface area contributed by atoms with Gasteiger partial charge < -0.3 is 5.32 Å². The number of nitrogens with one attached hydrogen (secondary N) is 1. The van der Waals surface area contributed by atoms with Crippen LogP contribution in [-0.2, 0) is 6.42 Å². The molecule has 0 unspecified atom stereocenters. The highest BCUT2D eigenvalue weighted by Gasteiger charge is 2.10. The summed E-state index contributed by atoms with van der Waals surface area (Å²) < 4.78 is 0. The molecule has 102 valence electrons. The molecule has 0 spiro atoms. The summed E-state index contributed by atoms with van der Waals surface area (Å²) in [5.41, 5.74) is 2.51. The molecule has 0 aliphatic carbocycles. The van der Waals surface area contributed by atoms with Crippen molar-refractivity contribution in [2.45, 2.75) is 20.3 Å². The molecule has 0 saturated heterocycles. The van der Waals surface area contributed by atoms with E-state index in [1.165, 1.54) is 16.0 Å². The van der Waals surface area contributed by atoms with Crippen molar-refractivity contribution in [1.29, 1.82) is 0 Å². The fraction of sp³-hybridized carbons (Fsp3) is 0.250. The molecule has 1 aromatic carbocycles. The van der Waals surface area contributed by atoms with E-state index in [0.717, 1.165) is 28.3 Å². The fourth-order valence-electron chi connectivity index (χ4n) is 2.24. The molecule has 2 heterocycles. The molecule has 2 aromatic heterocycles. The lowest BCUT2D eigenvalue weighted by Gasteiger charge is -2.05. The zero-order chi connectivity index (χ0) is 14.1. The number of hydrogen-bond acceptors (Lipinski definition) is 4. The Morgan fingerprint density at radius 1 is 1.10 bits per heavy atom. The van der Waals surface area contributed by atoms with Crippen LogP contribution in [0, 0.1) is 13.8 Å². The molecular weight excluding hydrogens is 266 g/mol. The zero-order valence-electron chi connectivity index (χ0n) is 11.9. The van der Waals surface area contributed by atoms with Crippen LogP contribution in [0.3, 0.4) is 0 Å². The van der Waals surface area contributed by atoms with Gasteiger partial charge in [0.15, 0.2) is 0 Å². The van der Waals surface area contributed by atoms with Crippen molar-refractivity contribution in [3.63, 3.8) is 0 Å². The Hall–Kier alpha value is -1.94. The molecule has 4 heteroatoms. The SMILES string of the molecule is CNc1nc(Cc2ccc(C)cc2)nc2sc(C)cc12. The lowest BCUT2D eigenvalue weighted by Crippen LogP contribution is -2.01. The van der Waals surface area contributed by atoms with Gasteiger partial charge in [0, 0.05) is 18.3 Å². The van der Waals surface area contributed by atoms with E-state index in [4.69, 9.17) is 0 Å². The standard InChI is InChI=1S/C16H17N3S/c1-10-4-6-12(7-5-10)9-14-18-15(17-3)13-8-11(2)20-16(13)19-14/h4-8H,9H2,1-3H3,(H,17,18,19). The summed E-state index contributed by atoms with van der Waals surface area (Å²) in [5.74, 6) is 1.79. The van der Waals surface area contributed by atoms with Gasteiger partial charge in [-0.1, -0.05) is 29.8 Å². The number of aryl methyl sites for hydroxylation is 2. The average Bonchev–Trinajstić information content (AvgIpc) is 2.80. The number of nitrogens with zero attached hydrogens (tertiary/aromatic N) is 2. The van der Waals surface area contributed by atoms with E-state index in [2.05, 4.69) is 59.5 Å². The minimum Gasteiger partial charge on any atom is -0.372 e. The van der Waals surface area contributed by atoms with Crippen LogP contribution in [0.5, 0.6) is 0 Å². The Bertz CT molecular complexity index is 744. The number of thiophene rings is 1. The van der Waals surface area contributed by atoms with E-state index in [-0.39, 0.29) is 0 Å².